The van der Waals surface area contributed by atoms with E-state index in [0.29, 0.717) is 0 Å². The standard InChI is InChI=1S/C10H12INO2/c1-10(12,6-9(13)14)7-2-4-8(11)5-3-7/h2-5H,6,12H2,1H3,(H,13,14). The summed E-state index contributed by atoms with van der Waals surface area (Å²) in [6.45, 7) is 1.73. The highest BCUT2D eigenvalue weighted by molar-refractivity contribution is 14.1. The van der Waals surface area contributed by atoms with E-state index < -0.39 is 11.5 Å². The lowest BCUT2D eigenvalue weighted by atomic mass is 9.90. The molecule has 0 aromatic heterocycles. The highest BCUT2D eigenvalue weighted by atomic mass is 127. The van der Waals surface area contributed by atoms with Crippen LogP contribution < -0.4 is 5.73 Å². The Bertz CT molecular complexity index is 332. The van der Waals surface area contributed by atoms with Crippen molar-refractivity contribution in [1.29, 1.82) is 0 Å². The molecular weight excluding hydrogens is 293 g/mol. The van der Waals surface area contributed by atoms with Crippen LogP contribution in [0.1, 0.15) is 18.9 Å². The molecule has 1 atom stereocenters. The lowest BCUT2D eigenvalue weighted by Gasteiger charge is -2.22. The van der Waals surface area contributed by atoms with Gasteiger partial charge in [0.15, 0.2) is 0 Å². The molecule has 76 valence electrons. The summed E-state index contributed by atoms with van der Waals surface area (Å²) in [5.41, 5.74) is 5.96. The third kappa shape index (κ3) is 2.95. The fraction of sp³-hybridized carbons (Fsp3) is 0.300. The molecule has 0 saturated carbocycles. The third-order valence-corrected chi connectivity index (χ3v) is 2.74. The molecule has 0 heterocycles. The molecule has 0 radical (unpaired) electrons. The van der Waals surface area contributed by atoms with Crippen molar-refractivity contribution < 1.29 is 9.90 Å². The minimum absolute atomic E-state index is 0.0619. The summed E-state index contributed by atoms with van der Waals surface area (Å²) in [6, 6.07) is 7.57. The fourth-order valence-electron chi connectivity index (χ4n) is 1.25. The second kappa shape index (κ2) is 4.27. The van der Waals surface area contributed by atoms with Crippen LogP contribution in [0.3, 0.4) is 0 Å². The zero-order valence-corrected chi connectivity index (χ0v) is 9.98. The van der Waals surface area contributed by atoms with Crippen molar-refractivity contribution in [2.45, 2.75) is 18.9 Å². The number of rotatable bonds is 3. The van der Waals surface area contributed by atoms with E-state index in [1.54, 1.807) is 6.92 Å². The topological polar surface area (TPSA) is 63.3 Å². The summed E-state index contributed by atoms with van der Waals surface area (Å²) in [6.07, 6.45) is -0.0619. The fourth-order valence-corrected chi connectivity index (χ4v) is 1.61. The quantitative estimate of drug-likeness (QED) is 0.839. The predicted octanol–water partition coefficient (Wildman–Crippen LogP) is 1.94. The van der Waals surface area contributed by atoms with Crippen LogP contribution in [-0.2, 0) is 10.3 Å². The molecule has 0 aliphatic rings. The van der Waals surface area contributed by atoms with E-state index in [2.05, 4.69) is 22.6 Å². The van der Waals surface area contributed by atoms with Gasteiger partial charge in [0.05, 0.1) is 6.42 Å². The zero-order valence-electron chi connectivity index (χ0n) is 7.83. The van der Waals surface area contributed by atoms with Gasteiger partial charge in [-0.2, -0.15) is 0 Å². The molecule has 1 rings (SSSR count). The van der Waals surface area contributed by atoms with Crippen LogP contribution in [0.15, 0.2) is 24.3 Å². The Balaban J connectivity index is 2.91. The monoisotopic (exact) mass is 305 g/mol. The van der Waals surface area contributed by atoms with E-state index >= 15 is 0 Å². The second-order valence-corrected chi connectivity index (χ2v) is 4.74. The van der Waals surface area contributed by atoms with Crippen molar-refractivity contribution in [2.75, 3.05) is 0 Å². The zero-order chi connectivity index (χ0) is 10.8. The molecule has 4 heteroatoms. The molecule has 0 bridgehead atoms. The lowest BCUT2D eigenvalue weighted by molar-refractivity contribution is -0.138. The van der Waals surface area contributed by atoms with Crippen LogP contribution >= 0.6 is 22.6 Å². The first-order valence-electron chi connectivity index (χ1n) is 4.18. The maximum atomic E-state index is 10.6. The van der Waals surface area contributed by atoms with Crippen molar-refractivity contribution in [3.8, 4) is 0 Å². The number of benzene rings is 1. The minimum Gasteiger partial charge on any atom is -0.481 e. The number of nitrogens with two attached hydrogens (primary N) is 1. The third-order valence-electron chi connectivity index (χ3n) is 2.02. The van der Waals surface area contributed by atoms with Crippen LogP contribution in [0, 0.1) is 3.57 Å². The SMILES string of the molecule is CC(N)(CC(=O)O)c1ccc(I)cc1. The van der Waals surface area contributed by atoms with Crippen LogP contribution in [-0.4, -0.2) is 11.1 Å². The summed E-state index contributed by atoms with van der Waals surface area (Å²) in [4.78, 5) is 10.6. The van der Waals surface area contributed by atoms with E-state index in [4.69, 9.17) is 10.8 Å². The average Bonchev–Trinajstić information content (AvgIpc) is 2.02. The number of halogens is 1. The Hall–Kier alpha value is -0.620. The lowest BCUT2D eigenvalue weighted by Crippen LogP contribution is -2.35. The molecule has 1 unspecified atom stereocenters. The van der Waals surface area contributed by atoms with Gasteiger partial charge < -0.3 is 10.8 Å². The number of carbonyl (C=O) groups is 1. The van der Waals surface area contributed by atoms with E-state index in [1.165, 1.54) is 0 Å². The molecule has 14 heavy (non-hydrogen) atoms. The maximum absolute atomic E-state index is 10.6. The summed E-state index contributed by atoms with van der Waals surface area (Å²) < 4.78 is 1.11. The van der Waals surface area contributed by atoms with Gasteiger partial charge in [0, 0.05) is 9.11 Å². The highest BCUT2D eigenvalue weighted by Crippen LogP contribution is 2.22. The van der Waals surface area contributed by atoms with Crippen LogP contribution in [0.25, 0.3) is 0 Å². The molecule has 1 aromatic rings. The van der Waals surface area contributed by atoms with Gasteiger partial charge in [0.25, 0.3) is 0 Å². The molecule has 0 saturated heterocycles. The Morgan fingerprint density at radius 1 is 1.50 bits per heavy atom. The predicted molar refractivity (Wildman–Crippen MR) is 63.0 cm³/mol. The molecular formula is C10H12INO2. The normalized spacial score (nSPS) is 14.8. The van der Waals surface area contributed by atoms with Gasteiger partial charge >= 0.3 is 5.97 Å². The summed E-state index contributed by atoms with van der Waals surface area (Å²) >= 11 is 2.19. The first kappa shape index (κ1) is 11.5. The average molecular weight is 305 g/mol. The van der Waals surface area contributed by atoms with Crippen molar-refractivity contribution >= 4 is 28.6 Å². The molecule has 3 nitrogen and oxygen atoms in total. The Morgan fingerprint density at radius 2 is 2.00 bits per heavy atom. The Morgan fingerprint density at radius 3 is 2.43 bits per heavy atom. The van der Waals surface area contributed by atoms with E-state index in [0.717, 1.165) is 9.13 Å². The number of hydrogen-bond acceptors (Lipinski definition) is 2. The van der Waals surface area contributed by atoms with Crippen LogP contribution in [0.2, 0.25) is 0 Å². The molecule has 0 spiro atoms. The molecule has 0 fully saturated rings. The van der Waals surface area contributed by atoms with Gasteiger partial charge in [0.2, 0.25) is 0 Å². The minimum atomic E-state index is -0.881. The van der Waals surface area contributed by atoms with Crippen LogP contribution in [0.4, 0.5) is 0 Å². The Labute approximate surface area is 96.4 Å². The molecule has 3 N–H and O–H groups in total. The van der Waals surface area contributed by atoms with E-state index in [-0.39, 0.29) is 6.42 Å². The summed E-state index contributed by atoms with van der Waals surface area (Å²) in [5.74, 6) is -0.881. The summed E-state index contributed by atoms with van der Waals surface area (Å²) in [7, 11) is 0. The van der Waals surface area contributed by atoms with Crippen molar-refractivity contribution in [3.05, 3.63) is 33.4 Å². The second-order valence-electron chi connectivity index (χ2n) is 3.49. The van der Waals surface area contributed by atoms with Crippen molar-refractivity contribution in [3.63, 3.8) is 0 Å². The number of carboxylic acid groups (broad SMARTS) is 1. The summed E-state index contributed by atoms with van der Waals surface area (Å²) in [5, 5.41) is 8.68. The van der Waals surface area contributed by atoms with Gasteiger partial charge in [-0.1, -0.05) is 12.1 Å². The molecule has 0 aliphatic carbocycles. The van der Waals surface area contributed by atoms with Crippen molar-refractivity contribution in [2.24, 2.45) is 5.73 Å². The van der Waals surface area contributed by atoms with Gasteiger partial charge in [-0.3, -0.25) is 4.79 Å². The van der Waals surface area contributed by atoms with Crippen molar-refractivity contribution in [1.82, 2.24) is 0 Å². The molecule has 0 amide bonds. The molecule has 1 aromatic carbocycles. The first-order valence-corrected chi connectivity index (χ1v) is 5.26. The van der Waals surface area contributed by atoms with Crippen LogP contribution in [0.5, 0.6) is 0 Å². The van der Waals surface area contributed by atoms with Gasteiger partial charge in [-0.15, -0.1) is 0 Å². The number of aliphatic carboxylic acids is 1. The van der Waals surface area contributed by atoms with E-state index in [1.807, 2.05) is 24.3 Å². The van der Waals surface area contributed by atoms with Gasteiger partial charge in [-0.05, 0) is 47.2 Å². The smallest absolute Gasteiger partial charge is 0.305 e. The molecule has 0 aliphatic heterocycles. The first-order chi connectivity index (χ1) is 6.42. The number of carboxylic acids is 1. The van der Waals surface area contributed by atoms with Gasteiger partial charge in [-0.25, -0.2) is 0 Å². The van der Waals surface area contributed by atoms with Gasteiger partial charge in [0.1, 0.15) is 0 Å². The number of hydrogen-bond donors (Lipinski definition) is 2. The Kier molecular flexibility index (Phi) is 3.49. The maximum Gasteiger partial charge on any atom is 0.305 e. The largest absolute Gasteiger partial charge is 0.481 e. The highest BCUT2D eigenvalue weighted by Gasteiger charge is 2.24. The van der Waals surface area contributed by atoms with E-state index in [9.17, 15) is 4.79 Å².